The van der Waals surface area contributed by atoms with Crippen molar-refractivity contribution in [1.29, 1.82) is 0 Å². The fraction of sp³-hybridized carbons (Fsp3) is 0.333. The standard InChI is InChI=1S/C24H30NOP/c1-3-20(2)24(25-18-21-12-10-11-13-21)19-26-27(22-14-6-4-7-15-22)23-16-8-5-9-17-23/h4-17,20-21,24-25H,3,18-19H2,1-2H3/t20?,24-/m1/s1. The zero-order chi connectivity index (χ0) is 18.9. The van der Waals surface area contributed by atoms with Gasteiger partial charge in [0.05, 0.1) is 14.8 Å². The van der Waals surface area contributed by atoms with Gasteiger partial charge in [-0.1, -0.05) is 105 Å². The third-order valence-corrected chi connectivity index (χ3v) is 7.08. The Labute approximate surface area is 165 Å². The van der Waals surface area contributed by atoms with Gasteiger partial charge in [-0.25, -0.2) is 0 Å². The van der Waals surface area contributed by atoms with E-state index in [0.717, 1.165) is 19.6 Å². The summed E-state index contributed by atoms with van der Waals surface area (Å²) in [6.45, 7) is 6.27. The molecule has 2 aromatic rings. The second kappa shape index (κ2) is 10.6. The average molecular weight is 379 g/mol. The largest absolute Gasteiger partial charge is 0.348 e. The molecule has 1 N–H and O–H groups in total. The van der Waals surface area contributed by atoms with Crippen molar-refractivity contribution in [2.45, 2.75) is 26.3 Å². The molecule has 0 spiro atoms. The van der Waals surface area contributed by atoms with E-state index in [4.69, 9.17) is 4.52 Å². The lowest BCUT2D eigenvalue weighted by Gasteiger charge is -2.28. The van der Waals surface area contributed by atoms with E-state index in [1.54, 1.807) is 0 Å². The van der Waals surface area contributed by atoms with Gasteiger partial charge in [-0.3, -0.25) is 0 Å². The molecule has 3 rings (SSSR count). The molecule has 0 saturated heterocycles. The van der Waals surface area contributed by atoms with Gasteiger partial charge in [-0.2, -0.15) is 0 Å². The van der Waals surface area contributed by atoms with Gasteiger partial charge in [0.15, 0.2) is 0 Å². The first kappa shape index (κ1) is 20.0. The van der Waals surface area contributed by atoms with Gasteiger partial charge in [-0.15, -0.1) is 0 Å². The van der Waals surface area contributed by atoms with E-state index in [-0.39, 0.29) is 0 Å². The smallest absolute Gasteiger partial charge is 0.0918 e. The van der Waals surface area contributed by atoms with Crippen molar-refractivity contribution < 1.29 is 4.52 Å². The lowest BCUT2D eigenvalue weighted by atomic mass is 9.99. The molecule has 3 heteroatoms. The number of hydrogen-bond acceptors (Lipinski definition) is 2. The van der Waals surface area contributed by atoms with Gasteiger partial charge < -0.3 is 9.84 Å². The molecule has 1 aliphatic carbocycles. The lowest BCUT2D eigenvalue weighted by molar-refractivity contribution is 0.238. The molecule has 142 valence electrons. The Bertz CT molecular complexity index is 677. The molecule has 0 amide bonds. The van der Waals surface area contributed by atoms with Crippen LogP contribution in [0.3, 0.4) is 0 Å². The topological polar surface area (TPSA) is 21.3 Å². The maximum atomic E-state index is 6.58. The van der Waals surface area contributed by atoms with Crippen LogP contribution < -0.4 is 15.9 Å². The number of rotatable bonds is 10. The Hall–Kier alpha value is -1.73. The van der Waals surface area contributed by atoms with E-state index in [1.807, 2.05) is 0 Å². The van der Waals surface area contributed by atoms with Crippen LogP contribution in [0.5, 0.6) is 0 Å². The highest BCUT2D eigenvalue weighted by Gasteiger charge is 2.21. The second-order valence-electron chi connectivity index (χ2n) is 7.10. The van der Waals surface area contributed by atoms with E-state index in [0.29, 0.717) is 17.9 Å². The molecular formula is C24H30NOP. The van der Waals surface area contributed by atoms with Crippen molar-refractivity contribution in [3.05, 3.63) is 85.0 Å². The average Bonchev–Trinajstić information content (AvgIpc) is 3.25. The summed E-state index contributed by atoms with van der Waals surface area (Å²) >= 11 is 0. The Morgan fingerprint density at radius 2 is 1.48 bits per heavy atom. The molecule has 0 radical (unpaired) electrons. The van der Waals surface area contributed by atoms with E-state index in [2.05, 4.69) is 104 Å². The van der Waals surface area contributed by atoms with Gasteiger partial charge in [-0.05, 0) is 5.92 Å². The van der Waals surface area contributed by atoms with Crippen LogP contribution in [0.1, 0.15) is 20.3 Å². The first-order valence-electron chi connectivity index (χ1n) is 9.89. The van der Waals surface area contributed by atoms with Crippen LogP contribution in [0.15, 0.2) is 85.0 Å². The fourth-order valence-corrected chi connectivity index (χ4v) is 4.98. The van der Waals surface area contributed by atoms with Crippen molar-refractivity contribution in [2.75, 3.05) is 13.2 Å². The minimum Gasteiger partial charge on any atom is -0.348 e. The molecule has 2 atom stereocenters. The monoisotopic (exact) mass is 379 g/mol. The van der Waals surface area contributed by atoms with Gasteiger partial charge in [0.1, 0.15) is 0 Å². The molecule has 1 aliphatic rings. The minimum absolute atomic E-state index is 0.356. The third kappa shape index (κ3) is 5.87. The zero-order valence-electron chi connectivity index (χ0n) is 16.3. The van der Waals surface area contributed by atoms with Crippen LogP contribution in [0.4, 0.5) is 0 Å². The summed E-state index contributed by atoms with van der Waals surface area (Å²) in [5.74, 6) is 1.07. The maximum Gasteiger partial charge on any atom is 0.0918 e. The highest BCUT2D eigenvalue weighted by atomic mass is 31.1. The zero-order valence-corrected chi connectivity index (χ0v) is 17.2. The van der Waals surface area contributed by atoms with E-state index >= 15 is 0 Å². The Balaban J connectivity index is 1.69. The molecule has 27 heavy (non-hydrogen) atoms. The SMILES string of the molecule is CCC(C)[C@@H](COP(c1ccccc1)c1ccccc1)NCC1C=CC=C1. The number of benzene rings is 2. The van der Waals surface area contributed by atoms with Crippen molar-refractivity contribution >= 4 is 18.8 Å². The molecule has 2 nitrogen and oxygen atoms in total. The Morgan fingerprint density at radius 3 is 2.00 bits per heavy atom. The third-order valence-electron chi connectivity index (χ3n) is 5.14. The summed E-state index contributed by atoms with van der Waals surface area (Å²) in [6, 6.07) is 21.6. The summed E-state index contributed by atoms with van der Waals surface area (Å²) in [4.78, 5) is 0. The predicted octanol–water partition coefficient (Wildman–Crippen LogP) is 4.80. The van der Waals surface area contributed by atoms with E-state index < -0.39 is 8.15 Å². The summed E-state index contributed by atoms with van der Waals surface area (Å²) < 4.78 is 6.58. The van der Waals surface area contributed by atoms with Crippen molar-refractivity contribution in [1.82, 2.24) is 5.32 Å². The Kier molecular flexibility index (Phi) is 7.83. The fourth-order valence-electron chi connectivity index (χ4n) is 3.19. The van der Waals surface area contributed by atoms with Crippen LogP contribution in [0.25, 0.3) is 0 Å². The predicted molar refractivity (Wildman–Crippen MR) is 118 cm³/mol. The van der Waals surface area contributed by atoms with Crippen LogP contribution in [-0.4, -0.2) is 19.2 Å². The molecule has 0 aromatic heterocycles. The molecule has 0 saturated carbocycles. The summed E-state index contributed by atoms with van der Waals surface area (Å²) in [5.41, 5.74) is 0. The number of nitrogens with one attached hydrogen (secondary N) is 1. The molecule has 0 fully saturated rings. The van der Waals surface area contributed by atoms with Gasteiger partial charge in [0, 0.05) is 29.1 Å². The molecule has 0 heterocycles. The van der Waals surface area contributed by atoms with Crippen molar-refractivity contribution in [3.63, 3.8) is 0 Å². The molecule has 2 aromatic carbocycles. The molecular weight excluding hydrogens is 349 g/mol. The van der Waals surface area contributed by atoms with Gasteiger partial charge in [0.2, 0.25) is 0 Å². The minimum atomic E-state index is -0.802. The van der Waals surface area contributed by atoms with Gasteiger partial charge in [0.25, 0.3) is 0 Å². The lowest BCUT2D eigenvalue weighted by Crippen LogP contribution is -2.41. The normalized spacial score (nSPS) is 16.1. The first-order valence-corrected chi connectivity index (χ1v) is 11.2. The summed E-state index contributed by atoms with van der Waals surface area (Å²) in [7, 11) is -0.802. The summed E-state index contributed by atoms with van der Waals surface area (Å²) in [5, 5.41) is 6.29. The van der Waals surface area contributed by atoms with Crippen LogP contribution >= 0.6 is 8.15 Å². The van der Waals surface area contributed by atoms with Crippen molar-refractivity contribution in [2.24, 2.45) is 11.8 Å². The second-order valence-corrected chi connectivity index (χ2v) is 8.97. The van der Waals surface area contributed by atoms with E-state index in [9.17, 15) is 0 Å². The highest BCUT2D eigenvalue weighted by Crippen LogP contribution is 2.35. The molecule has 0 aliphatic heterocycles. The highest BCUT2D eigenvalue weighted by molar-refractivity contribution is 7.68. The number of hydrogen-bond donors (Lipinski definition) is 1. The van der Waals surface area contributed by atoms with E-state index in [1.165, 1.54) is 10.6 Å². The first-order chi connectivity index (χ1) is 13.3. The van der Waals surface area contributed by atoms with Crippen LogP contribution in [0, 0.1) is 11.8 Å². The van der Waals surface area contributed by atoms with Gasteiger partial charge >= 0.3 is 0 Å². The number of allylic oxidation sites excluding steroid dienone is 2. The van der Waals surface area contributed by atoms with Crippen LogP contribution in [0.2, 0.25) is 0 Å². The van der Waals surface area contributed by atoms with Crippen molar-refractivity contribution in [3.8, 4) is 0 Å². The maximum absolute atomic E-state index is 6.58. The Morgan fingerprint density at radius 1 is 0.926 bits per heavy atom. The van der Waals surface area contributed by atoms with Crippen LogP contribution in [-0.2, 0) is 4.52 Å². The quantitative estimate of drug-likeness (QED) is 0.599. The molecule has 1 unspecified atom stereocenters. The summed E-state index contributed by atoms with van der Waals surface area (Å²) in [6.07, 6.45) is 9.91. The molecule has 0 bridgehead atoms.